The summed E-state index contributed by atoms with van der Waals surface area (Å²) >= 11 is 5.98. The minimum Gasteiger partial charge on any atom is -0.454 e. The molecule has 0 amide bonds. The quantitative estimate of drug-likeness (QED) is 0.650. The number of aryl methyl sites for hydroxylation is 1. The Hall–Kier alpha value is -1.87. The largest absolute Gasteiger partial charge is 0.454 e. The van der Waals surface area contributed by atoms with Gasteiger partial charge in [-0.25, -0.2) is 9.97 Å². The summed E-state index contributed by atoms with van der Waals surface area (Å²) in [6.07, 6.45) is 0.744. The van der Waals surface area contributed by atoms with E-state index in [0.29, 0.717) is 5.15 Å². The zero-order valence-corrected chi connectivity index (χ0v) is 10.6. The molecule has 2 aromatic heterocycles. The van der Waals surface area contributed by atoms with E-state index in [9.17, 15) is 0 Å². The number of benzene rings is 1. The van der Waals surface area contributed by atoms with Crippen molar-refractivity contribution in [1.29, 1.82) is 0 Å². The Balaban J connectivity index is 2.16. The molecule has 4 heteroatoms. The van der Waals surface area contributed by atoms with E-state index in [2.05, 4.69) is 9.97 Å². The van der Waals surface area contributed by atoms with Gasteiger partial charge in [-0.15, -0.1) is 0 Å². The van der Waals surface area contributed by atoms with Gasteiger partial charge in [-0.05, 0) is 12.1 Å². The molecule has 0 saturated carbocycles. The topological polar surface area (TPSA) is 38.9 Å². The second-order valence-electron chi connectivity index (χ2n) is 3.99. The molecule has 0 saturated heterocycles. The first kappa shape index (κ1) is 11.2. The summed E-state index contributed by atoms with van der Waals surface area (Å²) in [7, 11) is 0. The molecule has 3 nitrogen and oxygen atoms in total. The Morgan fingerprint density at radius 3 is 2.78 bits per heavy atom. The van der Waals surface area contributed by atoms with Crippen LogP contribution in [0.25, 0.3) is 22.4 Å². The normalized spacial score (nSPS) is 11.0. The van der Waals surface area contributed by atoms with Gasteiger partial charge in [0.1, 0.15) is 22.3 Å². The second-order valence-corrected chi connectivity index (χ2v) is 4.38. The van der Waals surface area contributed by atoms with Crippen molar-refractivity contribution in [1.82, 2.24) is 9.97 Å². The molecule has 0 aliphatic heterocycles. The minimum absolute atomic E-state index is 0.442. The molecule has 0 fully saturated rings. The van der Waals surface area contributed by atoms with E-state index in [-0.39, 0.29) is 0 Å². The van der Waals surface area contributed by atoms with Gasteiger partial charge >= 0.3 is 0 Å². The number of fused-ring (bicyclic) bond motifs is 1. The number of halogens is 1. The van der Waals surface area contributed by atoms with Crippen LogP contribution in [0.15, 0.2) is 40.8 Å². The lowest BCUT2D eigenvalue weighted by Gasteiger charge is -2.00. The number of hydrogen-bond donors (Lipinski definition) is 0. The van der Waals surface area contributed by atoms with Crippen LogP contribution in [0.3, 0.4) is 0 Å². The molecule has 3 rings (SSSR count). The highest BCUT2D eigenvalue weighted by Gasteiger charge is 2.09. The molecule has 2 heterocycles. The summed E-state index contributed by atoms with van der Waals surface area (Å²) in [4.78, 5) is 8.57. The van der Waals surface area contributed by atoms with Gasteiger partial charge in [-0.1, -0.05) is 36.7 Å². The van der Waals surface area contributed by atoms with Crippen LogP contribution in [-0.2, 0) is 6.42 Å². The van der Waals surface area contributed by atoms with Gasteiger partial charge in [-0.3, -0.25) is 0 Å². The van der Waals surface area contributed by atoms with E-state index < -0.39 is 0 Å². The lowest BCUT2D eigenvalue weighted by Crippen LogP contribution is -1.94. The van der Waals surface area contributed by atoms with E-state index >= 15 is 0 Å². The van der Waals surface area contributed by atoms with Crippen molar-refractivity contribution in [2.45, 2.75) is 13.3 Å². The van der Waals surface area contributed by atoms with E-state index in [0.717, 1.165) is 34.7 Å². The molecule has 0 radical (unpaired) electrons. The van der Waals surface area contributed by atoms with Crippen LogP contribution >= 0.6 is 11.6 Å². The SMILES string of the molecule is CCc1nc(Cl)cc(-c2cc3ccccc3o2)n1. The molecule has 0 aliphatic rings. The Bertz CT molecular complexity index is 673. The van der Waals surface area contributed by atoms with Gasteiger partial charge in [-0.2, -0.15) is 0 Å². The Kier molecular flexibility index (Phi) is 2.76. The minimum atomic E-state index is 0.442. The third-order valence-electron chi connectivity index (χ3n) is 2.74. The van der Waals surface area contributed by atoms with Crippen LogP contribution in [0.2, 0.25) is 5.15 Å². The monoisotopic (exact) mass is 258 g/mol. The summed E-state index contributed by atoms with van der Waals surface area (Å²) in [6.45, 7) is 1.99. The van der Waals surface area contributed by atoms with Gasteiger partial charge in [0, 0.05) is 17.9 Å². The molecular formula is C14H11ClN2O. The second kappa shape index (κ2) is 4.42. The highest BCUT2D eigenvalue weighted by Crippen LogP contribution is 2.27. The fourth-order valence-corrected chi connectivity index (χ4v) is 2.06. The van der Waals surface area contributed by atoms with E-state index in [4.69, 9.17) is 16.0 Å². The van der Waals surface area contributed by atoms with Crippen molar-refractivity contribution in [3.63, 3.8) is 0 Å². The van der Waals surface area contributed by atoms with Crippen LogP contribution in [0.4, 0.5) is 0 Å². The Morgan fingerprint density at radius 1 is 1.17 bits per heavy atom. The lowest BCUT2D eigenvalue weighted by atomic mass is 10.2. The van der Waals surface area contributed by atoms with Crippen molar-refractivity contribution in [3.05, 3.63) is 47.4 Å². The molecule has 3 aromatic rings. The molecule has 0 atom stereocenters. The fourth-order valence-electron chi connectivity index (χ4n) is 1.86. The maximum absolute atomic E-state index is 5.98. The third kappa shape index (κ3) is 1.97. The maximum Gasteiger partial charge on any atom is 0.153 e. The number of hydrogen-bond acceptors (Lipinski definition) is 3. The maximum atomic E-state index is 5.98. The predicted molar refractivity (Wildman–Crippen MR) is 71.6 cm³/mol. The summed E-state index contributed by atoms with van der Waals surface area (Å²) in [5.74, 6) is 1.44. The van der Waals surface area contributed by atoms with Gasteiger partial charge in [0.15, 0.2) is 5.76 Å². The average molecular weight is 259 g/mol. The summed E-state index contributed by atoms with van der Waals surface area (Å²) in [5.41, 5.74) is 1.57. The van der Waals surface area contributed by atoms with Gasteiger partial charge in [0.2, 0.25) is 0 Å². The molecule has 0 unspecified atom stereocenters. The van der Waals surface area contributed by atoms with Gasteiger partial charge < -0.3 is 4.42 Å². The highest BCUT2D eigenvalue weighted by atomic mass is 35.5. The van der Waals surface area contributed by atoms with Crippen molar-refractivity contribution >= 4 is 22.6 Å². The molecule has 1 aromatic carbocycles. The Morgan fingerprint density at radius 2 is 2.00 bits per heavy atom. The summed E-state index contributed by atoms with van der Waals surface area (Å²) in [6, 6.07) is 11.5. The lowest BCUT2D eigenvalue weighted by molar-refractivity contribution is 0.627. The third-order valence-corrected chi connectivity index (χ3v) is 2.93. The van der Waals surface area contributed by atoms with Crippen molar-refractivity contribution in [2.75, 3.05) is 0 Å². The van der Waals surface area contributed by atoms with Crippen LogP contribution in [-0.4, -0.2) is 9.97 Å². The number of aromatic nitrogens is 2. The molecule has 90 valence electrons. The summed E-state index contributed by atoms with van der Waals surface area (Å²) < 4.78 is 5.76. The number of nitrogens with zero attached hydrogens (tertiary/aromatic N) is 2. The average Bonchev–Trinajstić information content (AvgIpc) is 2.81. The van der Waals surface area contributed by atoms with Gasteiger partial charge in [0.05, 0.1) is 0 Å². The molecule has 0 N–H and O–H groups in total. The smallest absolute Gasteiger partial charge is 0.153 e. The standard InChI is InChI=1S/C14H11ClN2O/c1-2-14-16-10(8-13(15)17-14)12-7-9-5-3-4-6-11(9)18-12/h3-8H,2H2,1H3. The van der Waals surface area contributed by atoms with E-state index in [1.165, 1.54) is 0 Å². The molecule has 0 spiro atoms. The summed E-state index contributed by atoms with van der Waals surface area (Å²) in [5, 5.41) is 1.50. The Labute approximate surface area is 109 Å². The van der Waals surface area contributed by atoms with E-state index in [1.54, 1.807) is 6.07 Å². The van der Waals surface area contributed by atoms with Crippen molar-refractivity contribution in [2.24, 2.45) is 0 Å². The van der Waals surface area contributed by atoms with Crippen LogP contribution in [0.1, 0.15) is 12.7 Å². The van der Waals surface area contributed by atoms with Crippen molar-refractivity contribution < 1.29 is 4.42 Å². The highest BCUT2D eigenvalue weighted by molar-refractivity contribution is 6.29. The number of furan rings is 1. The number of rotatable bonds is 2. The molecule has 18 heavy (non-hydrogen) atoms. The first-order valence-corrected chi connectivity index (χ1v) is 6.16. The predicted octanol–water partition coefficient (Wildman–Crippen LogP) is 4.11. The zero-order chi connectivity index (χ0) is 12.5. The van der Waals surface area contributed by atoms with Crippen LogP contribution in [0, 0.1) is 0 Å². The zero-order valence-electron chi connectivity index (χ0n) is 9.85. The molecule has 0 bridgehead atoms. The fraction of sp³-hybridized carbons (Fsp3) is 0.143. The van der Waals surface area contributed by atoms with Crippen LogP contribution in [0.5, 0.6) is 0 Å². The van der Waals surface area contributed by atoms with Crippen molar-refractivity contribution in [3.8, 4) is 11.5 Å². The van der Waals surface area contributed by atoms with Crippen LogP contribution < -0.4 is 0 Å². The van der Waals surface area contributed by atoms with Gasteiger partial charge in [0.25, 0.3) is 0 Å². The molecule has 0 aliphatic carbocycles. The number of para-hydroxylation sites is 1. The first-order chi connectivity index (χ1) is 8.76. The molecular weight excluding hydrogens is 248 g/mol. The first-order valence-electron chi connectivity index (χ1n) is 5.78. The van der Waals surface area contributed by atoms with E-state index in [1.807, 2.05) is 37.3 Å².